The summed E-state index contributed by atoms with van der Waals surface area (Å²) in [6.45, 7) is 5.27. The summed E-state index contributed by atoms with van der Waals surface area (Å²) in [4.78, 5) is 28.5. The lowest BCUT2D eigenvalue weighted by atomic mass is 10.1. The zero-order valence-electron chi connectivity index (χ0n) is 11.6. The van der Waals surface area contributed by atoms with Crippen molar-refractivity contribution in [3.8, 4) is 0 Å². The molecule has 1 aromatic heterocycles. The number of carbonyl (C=O) groups excluding carboxylic acids is 2. The molecule has 0 saturated carbocycles. The topological polar surface area (TPSA) is 65.2 Å². The molecule has 1 aliphatic heterocycles. The molecule has 2 aromatic rings. The molecule has 1 saturated heterocycles. The number of aromatic nitrogens is 1. The van der Waals surface area contributed by atoms with Gasteiger partial charge in [0.1, 0.15) is 5.69 Å². The third-order valence-corrected chi connectivity index (χ3v) is 3.65. The van der Waals surface area contributed by atoms with Crippen LogP contribution in [0.25, 0.3) is 10.9 Å². The van der Waals surface area contributed by atoms with Crippen LogP contribution in [0.1, 0.15) is 21.6 Å². The van der Waals surface area contributed by atoms with Gasteiger partial charge in [-0.1, -0.05) is 6.07 Å². The average molecular weight is 271 g/mol. The Morgan fingerprint density at radius 1 is 1.25 bits per heavy atom. The van der Waals surface area contributed by atoms with Crippen LogP contribution in [0.3, 0.4) is 0 Å². The molecular formula is C15H17N3O2. The molecule has 5 heteroatoms. The summed E-state index contributed by atoms with van der Waals surface area (Å²) in [5.41, 5.74) is 3.82. The van der Waals surface area contributed by atoms with E-state index in [1.165, 1.54) is 0 Å². The lowest BCUT2D eigenvalue weighted by molar-refractivity contribution is -0.123. The predicted octanol–water partition coefficient (Wildman–Crippen LogP) is 1.36. The van der Waals surface area contributed by atoms with Gasteiger partial charge in [0.25, 0.3) is 5.91 Å². The van der Waals surface area contributed by atoms with Crippen LogP contribution in [-0.4, -0.2) is 41.3 Å². The van der Waals surface area contributed by atoms with Crippen molar-refractivity contribution in [2.24, 2.45) is 0 Å². The fraction of sp³-hybridized carbons (Fsp3) is 0.333. The van der Waals surface area contributed by atoms with Crippen LogP contribution in [0.5, 0.6) is 0 Å². The highest BCUT2D eigenvalue weighted by Gasteiger charge is 2.23. The number of fused-ring (bicyclic) bond motifs is 1. The maximum absolute atomic E-state index is 12.4. The first-order valence-electron chi connectivity index (χ1n) is 6.70. The van der Waals surface area contributed by atoms with E-state index in [1.807, 2.05) is 26.0 Å². The van der Waals surface area contributed by atoms with Crippen LogP contribution in [0, 0.1) is 13.8 Å². The number of H-pyrrole nitrogens is 1. The zero-order valence-corrected chi connectivity index (χ0v) is 11.6. The van der Waals surface area contributed by atoms with Gasteiger partial charge in [-0.2, -0.15) is 0 Å². The second-order valence-electron chi connectivity index (χ2n) is 5.30. The minimum Gasteiger partial charge on any atom is -0.353 e. The van der Waals surface area contributed by atoms with E-state index in [1.54, 1.807) is 4.90 Å². The molecule has 3 rings (SSSR count). The molecule has 0 spiro atoms. The molecule has 2 N–H and O–H groups in total. The standard InChI is InChI=1S/C15H17N3O2/c1-9-5-10(2)11-7-13(17-12(11)6-9)15(20)18-4-3-16-14(19)8-18/h5-7,17H,3-4,8H2,1-2H3,(H,16,19). The maximum atomic E-state index is 12.4. The average Bonchev–Trinajstić information content (AvgIpc) is 2.82. The molecule has 0 bridgehead atoms. The summed E-state index contributed by atoms with van der Waals surface area (Å²) in [7, 11) is 0. The molecule has 5 nitrogen and oxygen atoms in total. The Morgan fingerprint density at radius 2 is 2.05 bits per heavy atom. The van der Waals surface area contributed by atoms with Gasteiger partial charge in [-0.15, -0.1) is 0 Å². The van der Waals surface area contributed by atoms with Crippen molar-refractivity contribution in [2.75, 3.05) is 19.6 Å². The van der Waals surface area contributed by atoms with Crippen LogP contribution in [-0.2, 0) is 4.79 Å². The summed E-state index contributed by atoms with van der Waals surface area (Å²) in [5, 5.41) is 3.77. The van der Waals surface area contributed by atoms with Crippen molar-refractivity contribution in [3.63, 3.8) is 0 Å². The van der Waals surface area contributed by atoms with Gasteiger partial charge in [-0.05, 0) is 37.1 Å². The first-order valence-corrected chi connectivity index (χ1v) is 6.70. The number of hydrogen-bond acceptors (Lipinski definition) is 2. The second-order valence-corrected chi connectivity index (χ2v) is 5.30. The highest BCUT2D eigenvalue weighted by molar-refractivity contribution is 6.00. The Balaban J connectivity index is 1.95. The lowest BCUT2D eigenvalue weighted by Crippen LogP contribution is -2.50. The van der Waals surface area contributed by atoms with E-state index in [0.717, 1.165) is 22.0 Å². The van der Waals surface area contributed by atoms with Gasteiger partial charge in [-0.25, -0.2) is 0 Å². The van der Waals surface area contributed by atoms with Crippen LogP contribution >= 0.6 is 0 Å². The number of aryl methyl sites for hydroxylation is 2. The van der Waals surface area contributed by atoms with Crippen molar-refractivity contribution < 1.29 is 9.59 Å². The highest BCUT2D eigenvalue weighted by atomic mass is 16.2. The third kappa shape index (κ3) is 2.15. The minimum atomic E-state index is -0.117. The summed E-state index contributed by atoms with van der Waals surface area (Å²) in [6, 6.07) is 6.00. The summed E-state index contributed by atoms with van der Waals surface area (Å²) in [6.07, 6.45) is 0. The number of nitrogens with one attached hydrogen (secondary N) is 2. The fourth-order valence-electron chi connectivity index (χ4n) is 2.70. The highest BCUT2D eigenvalue weighted by Crippen LogP contribution is 2.22. The molecular weight excluding hydrogens is 254 g/mol. The van der Waals surface area contributed by atoms with E-state index in [-0.39, 0.29) is 18.4 Å². The molecule has 0 unspecified atom stereocenters. The van der Waals surface area contributed by atoms with Crippen molar-refractivity contribution in [1.82, 2.24) is 15.2 Å². The monoisotopic (exact) mass is 271 g/mol. The number of amides is 2. The van der Waals surface area contributed by atoms with E-state index in [0.29, 0.717) is 18.8 Å². The lowest BCUT2D eigenvalue weighted by Gasteiger charge is -2.26. The van der Waals surface area contributed by atoms with Crippen molar-refractivity contribution in [1.29, 1.82) is 0 Å². The second kappa shape index (κ2) is 4.67. The Kier molecular flexibility index (Phi) is 2.97. The predicted molar refractivity (Wildman–Crippen MR) is 76.7 cm³/mol. The molecule has 104 valence electrons. The van der Waals surface area contributed by atoms with Gasteiger partial charge in [0.15, 0.2) is 0 Å². The SMILES string of the molecule is Cc1cc(C)c2cc(C(=O)N3CCNC(=O)C3)[nH]c2c1. The Morgan fingerprint density at radius 3 is 2.80 bits per heavy atom. The van der Waals surface area contributed by atoms with Crippen LogP contribution in [0.2, 0.25) is 0 Å². The molecule has 20 heavy (non-hydrogen) atoms. The smallest absolute Gasteiger partial charge is 0.270 e. The molecule has 0 radical (unpaired) electrons. The number of carbonyl (C=O) groups is 2. The molecule has 2 heterocycles. The molecule has 1 aliphatic rings. The van der Waals surface area contributed by atoms with Crippen molar-refractivity contribution in [2.45, 2.75) is 13.8 Å². The first kappa shape index (κ1) is 12.7. The molecule has 1 fully saturated rings. The number of rotatable bonds is 1. The normalized spacial score (nSPS) is 15.5. The summed E-state index contributed by atoms with van der Waals surface area (Å²) >= 11 is 0. The fourth-order valence-corrected chi connectivity index (χ4v) is 2.70. The van der Waals surface area contributed by atoms with Gasteiger partial charge in [0, 0.05) is 24.0 Å². The number of nitrogens with zero attached hydrogens (tertiary/aromatic N) is 1. The van der Waals surface area contributed by atoms with Gasteiger partial charge in [-0.3, -0.25) is 9.59 Å². The van der Waals surface area contributed by atoms with Crippen LogP contribution in [0.15, 0.2) is 18.2 Å². The molecule has 0 aliphatic carbocycles. The number of aromatic amines is 1. The number of piperazine rings is 1. The van der Waals surface area contributed by atoms with E-state index in [9.17, 15) is 9.59 Å². The minimum absolute atomic E-state index is 0.104. The summed E-state index contributed by atoms with van der Waals surface area (Å²) < 4.78 is 0. The molecule has 1 aromatic carbocycles. The Bertz CT molecular complexity index is 702. The molecule has 0 atom stereocenters. The quantitative estimate of drug-likeness (QED) is 0.822. The van der Waals surface area contributed by atoms with Gasteiger partial charge in [0.2, 0.25) is 5.91 Å². The van der Waals surface area contributed by atoms with Crippen molar-refractivity contribution in [3.05, 3.63) is 35.0 Å². The van der Waals surface area contributed by atoms with Gasteiger partial charge in [0.05, 0.1) is 6.54 Å². The molecule has 2 amide bonds. The first-order chi connectivity index (χ1) is 9.54. The van der Waals surface area contributed by atoms with Crippen LogP contribution in [0.4, 0.5) is 0 Å². The number of hydrogen-bond donors (Lipinski definition) is 2. The Labute approximate surface area is 117 Å². The van der Waals surface area contributed by atoms with E-state index in [4.69, 9.17) is 0 Å². The van der Waals surface area contributed by atoms with E-state index >= 15 is 0 Å². The van der Waals surface area contributed by atoms with Crippen molar-refractivity contribution >= 4 is 22.7 Å². The Hall–Kier alpha value is -2.30. The van der Waals surface area contributed by atoms with Gasteiger partial charge >= 0.3 is 0 Å². The third-order valence-electron chi connectivity index (χ3n) is 3.65. The summed E-state index contributed by atoms with van der Waals surface area (Å²) in [5.74, 6) is -0.221. The van der Waals surface area contributed by atoms with E-state index < -0.39 is 0 Å². The van der Waals surface area contributed by atoms with Gasteiger partial charge < -0.3 is 15.2 Å². The zero-order chi connectivity index (χ0) is 14.3. The van der Waals surface area contributed by atoms with Crippen LogP contribution < -0.4 is 5.32 Å². The largest absolute Gasteiger partial charge is 0.353 e. The van der Waals surface area contributed by atoms with E-state index in [2.05, 4.69) is 16.4 Å². The maximum Gasteiger partial charge on any atom is 0.270 e. The number of benzene rings is 1.